The van der Waals surface area contributed by atoms with E-state index in [1.807, 2.05) is 6.07 Å². The van der Waals surface area contributed by atoms with E-state index < -0.39 is 11.9 Å². The van der Waals surface area contributed by atoms with Crippen molar-refractivity contribution in [2.24, 2.45) is 5.92 Å². The number of amides is 1. The molecule has 7 nitrogen and oxygen atoms in total. The lowest BCUT2D eigenvalue weighted by atomic mass is 9.97. The van der Waals surface area contributed by atoms with Crippen LogP contribution in [-0.4, -0.2) is 25.4 Å². The van der Waals surface area contributed by atoms with Crippen molar-refractivity contribution in [3.8, 4) is 11.5 Å². The zero-order valence-corrected chi connectivity index (χ0v) is 21.8. The maximum atomic E-state index is 13.8. The highest BCUT2D eigenvalue weighted by atomic mass is 16.5. The molecule has 0 radical (unpaired) electrons. The number of carbonyl (C=O) groups excluding carboxylic acids is 2. The molecule has 0 N–H and O–H groups in total. The maximum absolute atomic E-state index is 13.8. The van der Waals surface area contributed by atoms with Gasteiger partial charge in [0.25, 0.3) is 5.91 Å². The van der Waals surface area contributed by atoms with Gasteiger partial charge >= 0.3 is 0 Å². The smallest absolute Gasteiger partial charge is 0.295 e. The SMILES string of the molecule is COc1cc(C2c3c(oc4ccccc4c3=O)C(=O)N2c2ccc(C(C)=O)cc2)ccc1OCCC(C)C. The Labute approximate surface area is 220 Å². The van der Waals surface area contributed by atoms with Crippen LogP contribution in [0.2, 0.25) is 0 Å². The highest BCUT2D eigenvalue weighted by Crippen LogP contribution is 2.43. The number of benzene rings is 3. The van der Waals surface area contributed by atoms with E-state index in [-0.39, 0.29) is 22.5 Å². The average Bonchev–Trinajstić information content (AvgIpc) is 3.21. The van der Waals surface area contributed by atoms with E-state index in [1.54, 1.807) is 67.8 Å². The van der Waals surface area contributed by atoms with Crippen molar-refractivity contribution in [1.82, 2.24) is 0 Å². The number of ether oxygens (including phenoxy) is 2. The van der Waals surface area contributed by atoms with Gasteiger partial charge < -0.3 is 13.9 Å². The molecule has 7 heteroatoms. The van der Waals surface area contributed by atoms with Crippen LogP contribution in [0.3, 0.4) is 0 Å². The van der Waals surface area contributed by atoms with Crippen LogP contribution in [0.4, 0.5) is 5.69 Å². The first-order chi connectivity index (χ1) is 18.3. The molecule has 0 saturated carbocycles. The summed E-state index contributed by atoms with van der Waals surface area (Å²) in [6.07, 6.45) is 0.896. The number of para-hydroxylation sites is 1. The number of fused-ring (bicyclic) bond motifs is 2. The van der Waals surface area contributed by atoms with Gasteiger partial charge in [0.15, 0.2) is 22.7 Å². The minimum absolute atomic E-state index is 0.00516. The second-order valence-corrected chi connectivity index (χ2v) is 9.79. The van der Waals surface area contributed by atoms with Gasteiger partial charge in [-0.1, -0.05) is 32.0 Å². The summed E-state index contributed by atoms with van der Waals surface area (Å²) in [6.45, 7) is 6.29. The third-order valence-electron chi connectivity index (χ3n) is 6.79. The third kappa shape index (κ3) is 4.45. The number of anilines is 1. The molecule has 1 atom stereocenters. The van der Waals surface area contributed by atoms with Gasteiger partial charge in [-0.05, 0) is 73.4 Å². The average molecular weight is 512 g/mol. The quantitative estimate of drug-likeness (QED) is 0.263. The minimum Gasteiger partial charge on any atom is -0.493 e. The van der Waals surface area contributed by atoms with E-state index in [9.17, 15) is 14.4 Å². The van der Waals surface area contributed by atoms with Crippen LogP contribution in [0.1, 0.15) is 65.3 Å². The molecule has 1 aliphatic heterocycles. The highest BCUT2D eigenvalue weighted by Gasteiger charge is 2.44. The number of nitrogens with zero attached hydrogens (tertiary/aromatic N) is 1. The normalized spacial score (nSPS) is 14.7. The van der Waals surface area contributed by atoms with Gasteiger partial charge in [0.2, 0.25) is 5.76 Å². The fourth-order valence-corrected chi connectivity index (χ4v) is 4.74. The van der Waals surface area contributed by atoms with Crippen molar-refractivity contribution in [3.63, 3.8) is 0 Å². The van der Waals surface area contributed by atoms with Crippen molar-refractivity contribution < 1.29 is 23.5 Å². The van der Waals surface area contributed by atoms with Gasteiger partial charge in [-0.15, -0.1) is 0 Å². The lowest BCUT2D eigenvalue weighted by Gasteiger charge is -2.26. The molecule has 4 aromatic rings. The van der Waals surface area contributed by atoms with E-state index >= 15 is 0 Å². The molecule has 0 aliphatic carbocycles. The standard InChI is InChI=1S/C31H29NO6/c1-18(2)15-16-37-25-14-11-21(17-26(25)36-4)28-27-29(34)23-7-5-6-8-24(23)38-30(27)31(35)32(28)22-12-9-20(10-13-22)19(3)33/h5-14,17-18,28H,15-16H2,1-4H3. The molecule has 0 spiro atoms. The minimum atomic E-state index is -0.764. The summed E-state index contributed by atoms with van der Waals surface area (Å²) in [6, 6.07) is 18.3. The number of hydrogen-bond acceptors (Lipinski definition) is 6. The molecule has 0 fully saturated rings. The van der Waals surface area contributed by atoms with Crippen molar-refractivity contribution in [1.29, 1.82) is 0 Å². The van der Waals surface area contributed by atoms with Crippen LogP contribution >= 0.6 is 0 Å². The van der Waals surface area contributed by atoms with Gasteiger partial charge in [-0.2, -0.15) is 0 Å². The zero-order chi connectivity index (χ0) is 27.0. The van der Waals surface area contributed by atoms with Crippen LogP contribution in [-0.2, 0) is 0 Å². The Balaban J connectivity index is 1.66. The van der Waals surface area contributed by atoms with E-state index in [4.69, 9.17) is 13.9 Å². The first-order valence-electron chi connectivity index (χ1n) is 12.6. The molecular formula is C31H29NO6. The lowest BCUT2D eigenvalue weighted by molar-refractivity contribution is 0.0970. The van der Waals surface area contributed by atoms with E-state index in [0.717, 1.165) is 6.42 Å². The predicted octanol–water partition coefficient (Wildman–Crippen LogP) is 6.18. The first kappa shape index (κ1) is 25.3. The van der Waals surface area contributed by atoms with Crippen molar-refractivity contribution in [3.05, 3.63) is 99.4 Å². The Kier molecular flexibility index (Phi) is 6.76. The lowest BCUT2D eigenvalue weighted by Crippen LogP contribution is -2.29. The van der Waals surface area contributed by atoms with Crippen LogP contribution in [0.5, 0.6) is 11.5 Å². The molecule has 1 aromatic heterocycles. The summed E-state index contributed by atoms with van der Waals surface area (Å²) in [4.78, 5) is 40.9. The van der Waals surface area contributed by atoms with Gasteiger partial charge in [0, 0.05) is 11.3 Å². The second-order valence-electron chi connectivity index (χ2n) is 9.79. The molecular weight excluding hydrogens is 482 g/mol. The number of rotatable bonds is 8. The number of Topliss-reactive ketones (excluding diaryl/α,β-unsaturated/α-hetero) is 1. The summed E-state index contributed by atoms with van der Waals surface area (Å²) in [7, 11) is 1.56. The fraction of sp³-hybridized carbons (Fsp3) is 0.258. The first-order valence-corrected chi connectivity index (χ1v) is 12.6. The van der Waals surface area contributed by atoms with Crippen molar-refractivity contribution >= 4 is 28.3 Å². The van der Waals surface area contributed by atoms with Crippen molar-refractivity contribution in [2.45, 2.75) is 33.2 Å². The van der Waals surface area contributed by atoms with Crippen LogP contribution in [0.15, 0.2) is 75.9 Å². The topological polar surface area (TPSA) is 86.0 Å². The zero-order valence-electron chi connectivity index (χ0n) is 21.8. The molecule has 38 heavy (non-hydrogen) atoms. The molecule has 3 aromatic carbocycles. The Morgan fingerprint density at radius 3 is 2.42 bits per heavy atom. The Hall–Kier alpha value is -4.39. The molecule has 1 unspecified atom stereocenters. The maximum Gasteiger partial charge on any atom is 0.295 e. The van der Waals surface area contributed by atoms with E-state index in [1.165, 1.54) is 11.8 Å². The van der Waals surface area contributed by atoms with E-state index in [2.05, 4.69) is 13.8 Å². The van der Waals surface area contributed by atoms with Crippen molar-refractivity contribution in [2.75, 3.05) is 18.6 Å². The second kappa shape index (κ2) is 10.2. The Bertz CT molecular complexity index is 1580. The molecule has 0 bridgehead atoms. The molecule has 194 valence electrons. The van der Waals surface area contributed by atoms with Crippen LogP contribution < -0.4 is 19.8 Å². The van der Waals surface area contributed by atoms with Crippen LogP contribution in [0, 0.1) is 5.92 Å². The summed E-state index contributed by atoms with van der Waals surface area (Å²) >= 11 is 0. The van der Waals surface area contributed by atoms with Gasteiger partial charge in [0.1, 0.15) is 5.58 Å². The summed E-state index contributed by atoms with van der Waals surface area (Å²) in [5.74, 6) is 1.09. The molecule has 0 saturated heterocycles. The van der Waals surface area contributed by atoms with Gasteiger partial charge in [-0.25, -0.2) is 0 Å². The molecule has 1 aliphatic rings. The highest BCUT2D eigenvalue weighted by molar-refractivity contribution is 6.11. The number of methoxy groups -OCH3 is 1. The third-order valence-corrected chi connectivity index (χ3v) is 6.79. The van der Waals surface area contributed by atoms with E-state index in [0.29, 0.717) is 51.8 Å². The number of ketones is 1. The summed E-state index contributed by atoms with van der Waals surface area (Å²) < 4.78 is 17.6. The molecule has 5 rings (SSSR count). The Morgan fingerprint density at radius 2 is 1.74 bits per heavy atom. The van der Waals surface area contributed by atoms with Gasteiger partial charge in [-0.3, -0.25) is 19.3 Å². The van der Waals surface area contributed by atoms with Crippen LogP contribution in [0.25, 0.3) is 11.0 Å². The molecule has 2 heterocycles. The Morgan fingerprint density at radius 1 is 1.00 bits per heavy atom. The van der Waals surface area contributed by atoms with Gasteiger partial charge in [0.05, 0.1) is 30.7 Å². The largest absolute Gasteiger partial charge is 0.493 e. The monoisotopic (exact) mass is 511 g/mol. The summed E-state index contributed by atoms with van der Waals surface area (Å²) in [5.41, 5.74) is 2.08. The predicted molar refractivity (Wildman–Crippen MR) is 146 cm³/mol. The number of carbonyl (C=O) groups is 2. The number of hydrogen-bond donors (Lipinski definition) is 0. The fourth-order valence-electron chi connectivity index (χ4n) is 4.74. The summed E-state index contributed by atoms with van der Waals surface area (Å²) in [5, 5.41) is 0.401. The molecule has 1 amide bonds.